The molecule has 2 aromatic rings. The van der Waals surface area contributed by atoms with Crippen molar-refractivity contribution in [3.63, 3.8) is 0 Å². The molecule has 1 fully saturated rings. The number of benzene rings is 1. The van der Waals surface area contributed by atoms with Crippen LogP contribution in [-0.4, -0.2) is 5.91 Å². The third-order valence-electron chi connectivity index (χ3n) is 4.76. The highest BCUT2D eigenvalue weighted by molar-refractivity contribution is 7.11. The summed E-state index contributed by atoms with van der Waals surface area (Å²) in [5, 5.41) is 3.09. The number of rotatable bonds is 5. The van der Waals surface area contributed by atoms with E-state index in [-0.39, 0.29) is 11.7 Å². The molecule has 0 spiro atoms. The number of hydrogen-bond donors (Lipinski definition) is 1. The molecule has 1 aliphatic carbocycles. The zero-order valence-corrected chi connectivity index (χ0v) is 14.2. The van der Waals surface area contributed by atoms with Crippen LogP contribution < -0.4 is 5.32 Å². The van der Waals surface area contributed by atoms with Gasteiger partial charge in [0.1, 0.15) is 5.82 Å². The molecule has 2 nitrogen and oxygen atoms in total. The monoisotopic (exact) mass is 331 g/mol. The number of thiophene rings is 1. The van der Waals surface area contributed by atoms with Gasteiger partial charge in [-0.3, -0.25) is 4.79 Å². The fourth-order valence-corrected chi connectivity index (χ4v) is 4.35. The number of amides is 1. The highest BCUT2D eigenvalue weighted by Crippen LogP contribution is 2.41. The Kier molecular flexibility index (Phi) is 4.81. The van der Waals surface area contributed by atoms with E-state index >= 15 is 0 Å². The van der Waals surface area contributed by atoms with Crippen molar-refractivity contribution in [2.75, 3.05) is 0 Å². The van der Waals surface area contributed by atoms with Gasteiger partial charge in [-0.25, -0.2) is 4.39 Å². The Balaban J connectivity index is 1.76. The molecular formula is C19H22FNOS. The standard InChI is InChI=1S/C19H22FNOS/c1-2-16-8-9-17(23-16)13-21-18(22)19(10-3-4-11-19)14-6-5-7-15(20)12-14/h5-9,12H,2-4,10-11,13H2,1H3,(H,21,22). The molecule has 23 heavy (non-hydrogen) atoms. The Morgan fingerprint density at radius 2 is 1.96 bits per heavy atom. The molecule has 122 valence electrons. The Morgan fingerprint density at radius 1 is 1.22 bits per heavy atom. The predicted molar refractivity (Wildman–Crippen MR) is 92.1 cm³/mol. The van der Waals surface area contributed by atoms with Gasteiger partial charge in [0.25, 0.3) is 0 Å². The van der Waals surface area contributed by atoms with Crippen LogP contribution in [0.4, 0.5) is 4.39 Å². The van der Waals surface area contributed by atoms with E-state index in [1.807, 2.05) is 6.07 Å². The van der Waals surface area contributed by atoms with Crippen molar-refractivity contribution < 1.29 is 9.18 Å². The second kappa shape index (κ2) is 6.83. The van der Waals surface area contributed by atoms with Gasteiger partial charge in [0.05, 0.1) is 12.0 Å². The molecule has 1 aliphatic rings. The van der Waals surface area contributed by atoms with E-state index in [0.717, 1.165) is 37.7 Å². The van der Waals surface area contributed by atoms with Crippen LogP contribution in [0.5, 0.6) is 0 Å². The third kappa shape index (κ3) is 3.32. The lowest BCUT2D eigenvalue weighted by atomic mass is 9.78. The number of hydrogen-bond acceptors (Lipinski definition) is 2. The van der Waals surface area contributed by atoms with Gasteiger partial charge < -0.3 is 5.32 Å². The van der Waals surface area contributed by atoms with Gasteiger partial charge in [-0.2, -0.15) is 0 Å². The maximum atomic E-state index is 13.6. The first-order chi connectivity index (χ1) is 11.1. The van der Waals surface area contributed by atoms with Gasteiger partial charge in [-0.15, -0.1) is 11.3 Å². The first-order valence-corrected chi connectivity index (χ1v) is 9.07. The van der Waals surface area contributed by atoms with Gasteiger partial charge in [-0.1, -0.05) is 31.9 Å². The molecule has 0 aliphatic heterocycles. The molecule has 0 atom stereocenters. The van der Waals surface area contributed by atoms with E-state index in [9.17, 15) is 9.18 Å². The van der Waals surface area contributed by atoms with Crippen LogP contribution in [0.2, 0.25) is 0 Å². The van der Waals surface area contributed by atoms with E-state index in [1.54, 1.807) is 17.4 Å². The first-order valence-electron chi connectivity index (χ1n) is 8.26. The van der Waals surface area contributed by atoms with Gasteiger partial charge in [0.15, 0.2) is 0 Å². The van der Waals surface area contributed by atoms with Crippen LogP contribution >= 0.6 is 11.3 Å². The van der Waals surface area contributed by atoms with E-state index in [4.69, 9.17) is 0 Å². The summed E-state index contributed by atoms with van der Waals surface area (Å²) >= 11 is 1.74. The minimum Gasteiger partial charge on any atom is -0.350 e. The Morgan fingerprint density at radius 3 is 2.61 bits per heavy atom. The molecule has 0 unspecified atom stereocenters. The fourth-order valence-electron chi connectivity index (χ4n) is 3.46. The minimum absolute atomic E-state index is 0.0343. The van der Waals surface area contributed by atoms with Crippen LogP contribution in [-0.2, 0) is 23.2 Å². The smallest absolute Gasteiger partial charge is 0.230 e. The SMILES string of the molecule is CCc1ccc(CNC(=O)C2(c3cccc(F)c3)CCCC2)s1. The topological polar surface area (TPSA) is 29.1 Å². The van der Waals surface area contributed by atoms with Gasteiger partial charge in [0.2, 0.25) is 5.91 Å². The summed E-state index contributed by atoms with van der Waals surface area (Å²) in [6.07, 6.45) is 4.65. The summed E-state index contributed by atoms with van der Waals surface area (Å²) in [6, 6.07) is 10.7. The van der Waals surface area contributed by atoms with Crippen molar-refractivity contribution in [1.29, 1.82) is 0 Å². The van der Waals surface area contributed by atoms with Crippen molar-refractivity contribution in [1.82, 2.24) is 5.32 Å². The number of halogens is 1. The molecule has 4 heteroatoms. The van der Waals surface area contributed by atoms with E-state index in [0.29, 0.717) is 6.54 Å². The van der Waals surface area contributed by atoms with E-state index in [1.165, 1.54) is 21.9 Å². The number of carbonyl (C=O) groups is 1. The van der Waals surface area contributed by atoms with E-state index in [2.05, 4.69) is 24.4 Å². The van der Waals surface area contributed by atoms with Crippen molar-refractivity contribution >= 4 is 17.2 Å². The average Bonchev–Trinajstić information content (AvgIpc) is 3.22. The summed E-state index contributed by atoms with van der Waals surface area (Å²) in [7, 11) is 0. The summed E-state index contributed by atoms with van der Waals surface area (Å²) < 4.78 is 13.6. The molecule has 1 aromatic heterocycles. The highest BCUT2D eigenvalue weighted by atomic mass is 32.1. The van der Waals surface area contributed by atoms with Crippen LogP contribution in [0, 0.1) is 5.82 Å². The number of carbonyl (C=O) groups excluding carboxylic acids is 1. The summed E-state index contributed by atoms with van der Waals surface area (Å²) in [4.78, 5) is 15.4. The van der Waals surface area contributed by atoms with Crippen LogP contribution in [0.1, 0.15) is 47.9 Å². The average molecular weight is 331 g/mol. The minimum atomic E-state index is -0.563. The molecule has 0 bridgehead atoms. The van der Waals surface area contributed by atoms with E-state index < -0.39 is 5.41 Å². The molecule has 1 N–H and O–H groups in total. The Labute approximate surface area is 140 Å². The Hall–Kier alpha value is -1.68. The number of nitrogens with one attached hydrogen (secondary N) is 1. The summed E-state index contributed by atoms with van der Waals surface area (Å²) in [6.45, 7) is 2.69. The molecule has 1 heterocycles. The van der Waals surface area contributed by atoms with Crippen LogP contribution in [0.3, 0.4) is 0 Å². The van der Waals surface area contributed by atoms with Crippen LogP contribution in [0.15, 0.2) is 36.4 Å². The highest BCUT2D eigenvalue weighted by Gasteiger charge is 2.42. The fraction of sp³-hybridized carbons (Fsp3) is 0.421. The molecule has 1 saturated carbocycles. The van der Waals surface area contributed by atoms with Gasteiger partial charge in [-0.05, 0) is 49.1 Å². The lowest BCUT2D eigenvalue weighted by molar-refractivity contribution is -0.126. The second-order valence-electron chi connectivity index (χ2n) is 6.20. The summed E-state index contributed by atoms with van der Waals surface area (Å²) in [5.74, 6) is -0.237. The van der Waals surface area contributed by atoms with Gasteiger partial charge >= 0.3 is 0 Å². The predicted octanol–water partition coefficient (Wildman–Crippen LogP) is 4.58. The second-order valence-corrected chi connectivity index (χ2v) is 7.46. The van der Waals surface area contributed by atoms with Crippen molar-refractivity contribution in [2.45, 2.75) is 51.0 Å². The lowest BCUT2D eigenvalue weighted by Crippen LogP contribution is -2.42. The zero-order valence-electron chi connectivity index (χ0n) is 13.4. The van der Waals surface area contributed by atoms with Crippen molar-refractivity contribution in [3.8, 4) is 0 Å². The van der Waals surface area contributed by atoms with Crippen LogP contribution in [0.25, 0.3) is 0 Å². The number of aryl methyl sites for hydroxylation is 1. The van der Waals surface area contributed by atoms with Crippen molar-refractivity contribution in [3.05, 3.63) is 57.5 Å². The molecular weight excluding hydrogens is 309 g/mol. The molecule has 3 rings (SSSR count). The van der Waals surface area contributed by atoms with Gasteiger partial charge in [0, 0.05) is 9.75 Å². The quantitative estimate of drug-likeness (QED) is 0.854. The molecule has 0 saturated heterocycles. The Bertz CT molecular complexity index is 688. The maximum absolute atomic E-state index is 13.6. The van der Waals surface area contributed by atoms with Crippen molar-refractivity contribution in [2.24, 2.45) is 0 Å². The largest absolute Gasteiger partial charge is 0.350 e. The summed E-state index contributed by atoms with van der Waals surface area (Å²) in [5.41, 5.74) is 0.250. The third-order valence-corrected chi connectivity index (χ3v) is 5.99. The molecule has 0 radical (unpaired) electrons. The first kappa shape index (κ1) is 16.2. The molecule has 1 aromatic carbocycles. The lowest BCUT2D eigenvalue weighted by Gasteiger charge is -2.28. The molecule has 1 amide bonds. The maximum Gasteiger partial charge on any atom is 0.230 e. The zero-order chi connectivity index (χ0) is 16.3. The normalized spacial score (nSPS) is 16.4.